The van der Waals surface area contributed by atoms with Gasteiger partial charge in [-0.3, -0.25) is 8.74 Å². The summed E-state index contributed by atoms with van der Waals surface area (Å²) < 4.78 is 77.4. The standard InChI is InChI=1S/C27H48O8S2/c1-17(2)7-6-8-18(3)21-9-10-22-20-16-25(35-37(31,32)33)24-15-19(34-36(28,29)30)11-13-27(24,5)23(20)12-14-26(21,22)4/h17-25H,6-16H2,1-5H3,(H,28,29,30)(H,31,32,33)/p-1/t18-,19+,20+,21-,22+,23+,24-,25+,26-,27-/m1/s1. The van der Waals surface area contributed by atoms with Gasteiger partial charge in [0.2, 0.25) is 10.4 Å². The van der Waals surface area contributed by atoms with Gasteiger partial charge in [0.15, 0.2) is 0 Å². The fourth-order valence-corrected chi connectivity index (χ4v) is 10.8. The zero-order valence-corrected chi connectivity index (χ0v) is 24.7. The highest BCUT2D eigenvalue weighted by Gasteiger charge is 2.63. The Labute approximate surface area is 224 Å². The highest BCUT2D eigenvalue weighted by molar-refractivity contribution is 7.81. The maximum atomic E-state index is 11.9. The summed E-state index contributed by atoms with van der Waals surface area (Å²) in [5, 5.41) is 0. The third kappa shape index (κ3) is 6.24. The number of hydrogen-bond donors (Lipinski definition) is 1. The molecule has 4 fully saturated rings. The largest absolute Gasteiger partial charge is 0.726 e. The van der Waals surface area contributed by atoms with Crippen molar-refractivity contribution in [1.82, 2.24) is 0 Å². The maximum absolute atomic E-state index is 11.9. The Morgan fingerprint density at radius 3 is 2.14 bits per heavy atom. The topological polar surface area (TPSA) is 130 Å². The lowest BCUT2D eigenvalue weighted by Crippen LogP contribution is -2.59. The van der Waals surface area contributed by atoms with Gasteiger partial charge in [-0.25, -0.2) is 12.6 Å². The molecule has 0 aromatic rings. The number of fused-ring (bicyclic) bond motifs is 5. The fraction of sp³-hybridized carbons (Fsp3) is 1.00. The molecule has 10 atom stereocenters. The average Bonchev–Trinajstić information content (AvgIpc) is 3.10. The minimum absolute atomic E-state index is 0.210. The Kier molecular flexibility index (Phi) is 8.53. The quantitative estimate of drug-likeness (QED) is 0.277. The van der Waals surface area contributed by atoms with E-state index in [1.54, 1.807) is 0 Å². The predicted molar refractivity (Wildman–Crippen MR) is 139 cm³/mol. The molecule has 0 bridgehead atoms. The smallest absolute Gasteiger partial charge is 0.397 e. The van der Waals surface area contributed by atoms with Gasteiger partial charge >= 0.3 is 10.4 Å². The second-order valence-electron chi connectivity index (χ2n) is 13.7. The summed E-state index contributed by atoms with van der Waals surface area (Å²) in [6, 6.07) is 0. The summed E-state index contributed by atoms with van der Waals surface area (Å²) in [4.78, 5) is 0. The van der Waals surface area contributed by atoms with E-state index in [1.807, 2.05) is 0 Å². The Balaban J connectivity index is 1.58. The molecule has 0 amide bonds. The molecule has 37 heavy (non-hydrogen) atoms. The molecule has 0 heterocycles. The number of hydrogen-bond acceptors (Lipinski definition) is 7. The third-order valence-electron chi connectivity index (χ3n) is 11.3. The Hall–Kier alpha value is -0.260. The highest BCUT2D eigenvalue weighted by atomic mass is 32.3. The van der Waals surface area contributed by atoms with Crippen LogP contribution in [0.15, 0.2) is 0 Å². The van der Waals surface area contributed by atoms with Gasteiger partial charge in [0, 0.05) is 0 Å². The highest BCUT2D eigenvalue weighted by Crippen LogP contribution is 2.68. The van der Waals surface area contributed by atoms with E-state index >= 15 is 0 Å². The maximum Gasteiger partial charge on any atom is 0.397 e. The molecule has 4 aliphatic carbocycles. The summed E-state index contributed by atoms with van der Waals surface area (Å²) in [6.07, 6.45) is 8.60. The summed E-state index contributed by atoms with van der Waals surface area (Å²) in [5.74, 6) is 2.86. The van der Waals surface area contributed by atoms with E-state index in [1.165, 1.54) is 25.7 Å². The minimum Gasteiger partial charge on any atom is -0.726 e. The molecule has 8 nitrogen and oxygen atoms in total. The molecule has 0 radical (unpaired) electrons. The van der Waals surface area contributed by atoms with Gasteiger partial charge in [-0.2, -0.15) is 8.42 Å². The molecule has 0 spiro atoms. The van der Waals surface area contributed by atoms with Crippen molar-refractivity contribution in [3.05, 3.63) is 0 Å². The molecular weight excluding hydrogens is 516 g/mol. The first-order valence-electron chi connectivity index (χ1n) is 14.3. The van der Waals surface area contributed by atoms with Gasteiger partial charge in [-0.1, -0.05) is 53.9 Å². The van der Waals surface area contributed by atoms with Crippen LogP contribution >= 0.6 is 0 Å². The van der Waals surface area contributed by atoms with E-state index in [0.29, 0.717) is 48.9 Å². The molecule has 0 unspecified atom stereocenters. The van der Waals surface area contributed by atoms with Crippen LogP contribution in [0.4, 0.5) is 0 Å². The van der Waals surface area contributed by atoms with E-state index < -0.39 is 33.0 Å². The molecule has 0 aromatic heterocycles. The summed E-state index contributed by atoms with van der Waals surface area (Å²) in [7, 11) is -9.55. The van der Waals surface area contributed by atoms with Crippen LogP contribution in [-0.4, -0.2) is 38.1 Å². The molecule has 4 saturated carbocycles. The SMILES string of the molecule is CC(C)CCC[C@@H](C)[C@H]1CC[C@H]2[C@@H]3C[C@H](OS(=O)(=O)O)[C@H]4C[C@@H](OS(=O)(=O)[O-])CC[C@]4(C)[C@H]3CC[C@]12C. The lowest BCUT2D eigenvalue weighted by Gasteiger charge is -2.62. The van der Waals surface area contributed by atoms with Crippen molar-refractivity contribution >= 4 is 20.8 Å². The molecule has 10 heteroatoms. The van der Waals surface area contributed by atoms with Crippen molar-refractivity contribution in [3.8, 4) is 0 Å². The molecule has 0 aromatic carbocycles. The van der Waals surface area contributed by atoms with Crippen LogP contribution in [0.2, 0.25) is 0 Å². The molecule has 4 aliphatic rings. The van der Waals surface area contributed by atoms with E-state index in [2.05, 4.69) is 34.6 Å². The van der Waals surface area contributed by atoms with Crippen molar-refractivity contribution in [2.75, 3.05) is 0 Å². The minimum atomic E-state index is -4.86. The van der Waals surface area contributed by atoms with Crippen molar-refractivity contribution in [2.45, 2.75) is 117 Å². The summed E-state index contributed by atoms with van der Waals surface area (Å²) in [5.41, 5.74) is -0.0612. The second-order valence-corrected chi connectivity index (χ2v) is 15.8. The van der Waals surface area contributed by atoms with Crippen molar-refractivity contribution in [3.63, 3.8) is 0 Å². The van der Waals surface area contributed by atoms with Crippen LogP contribution in [0.5, 0.6) is 0 Å². The predicted octanol–water partition coefficient (Wildman–Crippen LogP) is 5.75. The Morgan fingerprint density at radius 2 is 1.51 bits per heavy atom. The molecule has 0 aliphatic heterocycles. The monoisotopic (exact) mass is 563 g/mol. The third-order valence-corrected chi connectivity index (χ3v) is 12.3. The van der Waals surface area contributed by atoms with E-state index in [9.17, 15) is 25.9 Å². The number of rotatable bonds is 9. The van der Waals surface area contributed by atoms with Crippen LogP contribution in [-0.2, 0) is 29.2 Å². The van der Waals surface area contributed by atoms with E-state index in [4.69, 9.17) is 8.37 Å². The normalized spacial score (nSPS) is 43.2. The van der Waals surface area contributed by atoms with Crippen LogP contribution in [0.25, 0.3) is 0 Å². The van der Waals surface area contributed by atoms with Crippen molar-refractivity contribution < 1.29 is 34.3 Å². The van der Waals surface area contributed by atoms with Crippen LogP contribution in [0, 0.1) is 52.3 Å². The zero-order chi connectivity index (χ0) is 27.4. The first-order chi connectivity index (χ1) is 17.0. The molecular formula is C27H47O8S2-. The van der Waals surface area contributed by atoms with Crippen LogP contribution in [0.3, 0.4) is 0 Å². The van der Waals surface area contributed by atoms with E-state index in [0.717, 1.165) is 25.2 Å². The first-order valence-corrected chi connectivity index (χ1v) is 17.0. The van der Waals surface area contributed by atoms with Gasteiger partial charge in [0.25, 0.3) is 0 Å². The molecule has 4 rings (SSSR count). The first kappa shape index (κ1) is 29.7. The molecule has 0 saturated heterocycles. The van der Waals surface area contributed by atoms with Crippen molar-refractivity contribution in [1.29, 1.82) is 0 Å². The molecule has 216 valence electrons. The summed E-state index contributed by atoms with van der Waals surface area (Å²) in [6.45, 7) is 11.6. The Morgan fingerprint density at radius 1 is 0.865 bits per heavy atom. The average molecular weight is 564 g/mol. The molecule has 1 N–H and O–H groups in total. The van der Waals surface area contributed by atoms with Gasteiger partial charge in [-0.05, 0) is 104 Å². The Bertz CT molecular complexity index is 1030. The fourth-order valence-electron chi connectivity index (χ4n) is 9.77. The summed E-state index contributed by atoms with van der Waals surface area (Å²) >= 11 is 0. The van der Waals surface area contributed by atoms with Crippen LogP contribution < -0.4 is 0 Å². The second kappa shape index (κ2) is 10.6. The lowest BCUT2D eigenvalue weighted by atomic mass is 9.43. The van der Waals surface area contributed by atoms with Gasteiger partial charge < -0.3 is 4.55 Å². The van der Waals surface area contributed by atoms with Crippen molar-refractivity contribution in [2.24, 2.45) is 52.3 Å². The van der Waals surface area contributed by atoms with E-state index in [-0.39, 0.29) is 23.2 Å². The van der Waals surface area contributed by atoms with Crippen LogP contribution in [0.1, 0.15) is 105 Å². The lowest BCUT2D eigenvalue weighted by molar-refractivity contribution is -0.164. The van der Waals surface area contributed by atoms with Gasteiger partial charge in [0.1, 0.15) is 0 Å². The zero-order valence-electron chi connectivity index (χ0n) is 23.1. The van der Waals surface area contributed by atoms with Gasteiger partial charge in [0.05, 0.1) is 12.2 Å². The van der Waals surface area contributed by atoms with Gasteiger partial charge in [-0.15, -0.1) is 0 Å².